The van der Waals surface area contributed by atoms with Crippen LogP contribution in [0.4, 0.5) is 0 Å². The van der Waals surface area contributed by atoms with Crippen molar-refractivity contribution in [2.24, 2.45) is 11.8 Å². The second kappa shape index (κ2) is 10.6. The zero-order valence-corrected chi connectivity index (χ0v) is 12.2. The van der Waals surface area contributed by atoms with Gasteiger partial charge in [-0.15, -0.1) is 0 Å². The summed E-state index contributed by atoms with van der Waals surface area (Å²) in [5.41, 5.74) is 0. The Morgan fingerprint density at radius 3 is 1.82 bits per heavy atom. The van der Waals surface area contributed by atoms with E-state index in [1.54, 1.807) is 0 Å². The highest BCUT2D eigenvalue weighted by Gasteiger charge is 2.12. The van der Waals surface area contributed by atoms with E-state index in [0.29, 0.717) is 6.42 Å². The van der Waals surface area contributed by atoms with Crippen LogP contribution < -0.4 is 0 Å². The third-order valence-electron chi connectivity index (χ3n) is 3.24. The van der Waals surface area contributed by atoms with Crippen molar-refractivity contribution in [2.45, 2.75) is 59.8 Å². The van der Waals surface area contributed by atoms with Gasteiger partial charge in [-0.2, -0.15) is 5.26 Å². The van der Waals surface area contributed by atoms with E-state index < -0.39 is 0 Å². The first-order chi connectivity index (χ1) is 8.13. The number of hydrogen-bond acceptors (Lipinski definition) is 2. The van der Waals surface area contributed by atoms with E-state index >= 15 is 0 Å². The van der Waals surface area contributed by atoms with E-state index in [1.165, 1.54) is 25.7 Å². The van der Waals surface area contributed by atoms with E-state index in [9.17, 15) is 0 Å². The number of hydrogen-bond donors (Lipinski definition) is 0. The fraction of sp³-hybridized carbons (Fsp3) is 0.933. The van der Waals surface area contributed by atoms with Crippen molar-refractivity contribution in [2.75, 3.05) is 19.6 Å². The lowest BCUT2D eigenvalue weighted by molar-refractivity contribution is 0.203. The van der Waals surface area contributed by atoms with E-state index in [0.717, 1.165) is 31.5 Å². The topological polar surface area (TPSA) is 27.0 Å². The Bertz CT molecular complexity index is 193. The van der Waals surface area contributed by atoms with Crippen LogP contribution in [0.5, 0.6) is 0 Å². The Morgan fingerprint density at radius 1 is 1.00 bits per heavy atom. The molecule has 0 saturated heterocycles. The third-order valence-corrected chi connectivity index (χ3v) is 3.24. The zero-order valence-electron chi connectivity index (χ0n) is 12.2. The molecule has 0 aliphatic carbocycles. The summed E-state index contributed by atoms with van der Waals surface area (Å²) in [6.07, 6.45) is 5.78. The molecule has 17 heavy (non-hydrogen) atoms. The normalized spacial score (nSPS) is 14.6. The van der Waals surface area contributed by atoms with E-state index in [4.69, 9.17) is 5.26 Å². The molecule has 0 bridgehead atoms. The molecule has 0 amide bonds. The fourth-order valence-electron chi connectivity index (χ4n) is 2.51. The predicted molar refractivity (Wildman–Crippen MR) is 74.8 cm³/mol. The van der Waals surface area contributed by atoms with Crippen molar-refractivity contribution in [3.05, 3.63) is 0 Å². The molecule has 0 N–H and O–H groups in total. The molecule has 0 aromatic heterocycles. The second-order valence-electron chi connectivity index (χ2n) is 5.46. The van der Waals surface area contributed by atoms with E-state index in [2.05, 4.69) is 38.7 Å². The molecule has 0 rings (SSSR count). The first kappa shape index (κ1) is 16.4. The van der Waals surface area contributed by atoms with Crippen LogP contribution in [0.2, 0.25) is 0 Å². The van der Waals surface area contributed by atoms with Gasteiger partial charge in [0, 0.05) is 26.1 Å². The smallest absolute Gasteiger partial charge is 0.0635 e. The van der Waals surface area contributed by atoms with Crippen molar-refractivity contribution in [1.29, 1.82) is 5.26 Å². The molecule has 0 radical (unpaired) electrons. The quantitative estimate of drug-likeness (QED) is 0.573. The highest BCUT2D eigenvalue weighted by Crippen LogP contribution is 2.12. The minimum absolute atomic E-state index is 0.664. The highest BCUT2D eigenvalue weighted by molar-refractivity contribution is 4.74. The Morgan fingerprint density at radius 2 is 1.47 bits per heavy atom. The zero-order chi connectivity index (χ0) is 13.1. The maximum absolute atomic E-state index is 8.71. The van der Waals surface area contributed by atoms with Crippen molar-refractivity contribution < 1.29 is 0 Å². The van der Waals surface area contributed by atoms with Gasteiger partial charge in [0.1, 0.15) is 0 Å². The maximum Gasteiger partial charge on any atom is 0.0635 e. The maximum atomic E-state index is 8.71. The predicted octanol–water partition coefficient (Wildman–Crippen LogP) is 4.07. The third kappa shape index (κ3) is 9.18. The molecule has 0 aromatic rings. The van der Waals surface area contributed by atoms with Crippen molar-refractivity contribution in [3.8, 4) is 6.07 Å². The van der Waals surface area contributed by atoms with Crippen LogP contribution in [0.3, 0.4) is 0 Å². The molecule has 2 heteroatoms. The molecule has 100 valence electrons. The fourth-order valence-corrected chi connectivity index (χ4v) is 2.51. The van der Waals surface area contributed by atoms with Gasteiger partial charge >= 0.3 is 0 Å². The summed E-state index contributed by atoms with van der Waals surface area (Å²) >= 11 is 0. The molecule has 2 nitrogen and oxygen atoms in total. The van der Waals surface area contributed by atoms with Crippen LogP contribution in [0.25, 0.3) is 0 Å². The van der Waals surface area contributed by atoms with Gasteiger partial charge in [-0.05, 0) is 24.7 Å². The summed E-state index contributed by atoms with van der Waals surface area (Å²) in [6, 6.07) is 2.27. The van der Waals surface area contributed by atoms with Gasteiger partial charge in [-0.25, -0.2) is 0 Å². The lowest BCUT2D eigenvalue weighted by atomic mass is 10.0. The molecule has 0 aliphatic rings. The largest absolute Gasteiger partial charge is 0.302 e. The van der Waals surface area contributed by atoms with Gasteiger partial charge in [0.15, 0.2) is 0 Å². The Balaban J connectivity index is 4.08. The molecule has 2 atom stereocenters. The van der Waals surface area contributed by atoms with Crippen LogP contribution >= 0.6 is 0 Å². The van der Waals surface area contributed by atoms with Crippen molar-refractivity contribution >= 4 is 0 Å². The van der Waals surface area contributed by atoms with Gasteiger partial charge in [-0.1, -0.05) is 40.5 Å². The molecule has 2 unspecified atom stereocenters. The lowest BCUT2D eigenvalue weighted by Crippen LogP contribution is -2.33. The van der Waals surface area contributed by atoms with Crippen LogP contribution in [0, 0.1) is 23.2 Å². The van der Waals surface area contributed by atoms with Crippen LogP contribution in [0.1, 0.15) is 59.8 Å². The molecular formula is C15H30N2. The number of nitrogens with zero attached hydrogens (tertiary/aromatic N) is 2. The monoisotopic (exact) mass is 238 g/mol. The van der Waals surface area contributed by atoms with E-state index in [-0.39, 0.29) is 0 Å². The van der Waals surface area contributed by atoms with Gasteiger partial charge < -0.3 is 4.90 Å². The van der Waals surface area contributed by atoms with Gasteiger partial charge in [-0.3, -0.25) is 0 Å². The Labute approximate surface area is 108 Å². The van der Waals surface area contributed by atoms with Gasteiger partial charge in [0.25, 0.3) is 0 Å². The average Bonchev–Trinajstić information content (AvgIpc) is 2.26. The summed E-state index contributed by atoms with van der Waals surface area (Å²) in [7, 11) is 0. The van der Waals surface area contributed by atoms with Crippen molar-refractivity contribution in [3.63, 3.8) is 0 Å². The standard InChI is InChI=1S/C15H30N2/c1-5-8-14(3)12-17(11-7-10-16)13-15(4)9-6-2/h14-15H,5-9,11-13H2,1-4H3. The minimum atomic E-state index is 0.664. The minimum Gasteiger partial charge on any atom is -0.302 e. The molecular weight excluding hydrogens is 208 g/mol. The molecule has 0 fully saturated rings. The molecule has 0 aliphatic heterocycles. The van der Waals surface area contributed by atoms with Crippen LogP contribution in [0.15, 0.2) is 0 Å². The van der Waals surface area contributed by atoms with Crippen molar-refractivity contribution in [1.82, 2.24) is 4.90 Å². The molecule has 0 saturated carbocycles. The van der Waals surface area contributed by atoms with Crippen LogP contribution in [-0.2, 0) is 0 Å². The van der Waals surface area contributed by atoms with Gasteiger partial charge in [0.05, 0.1) is 6.07 Å². The molecule has 0 heterocycles. The Kier molecular flexibility index (Phi) is 10.3. The first-order valence-electron chi connectivity index (χ1n) is 7.23. The summed E-state index contributed by atoms with van der Waals surface area (Å²) in [5, 5.41) is 8.71. The average molecular weight is 238 g/mol. The first-order valence-corrected chi connectivity index (χ1v) is 7.23. The SMILES string of the molecule is CCCC(C)CN(CCC#N)CC(C)CCC. The van der Waals surface area contributed by atoms with Crippen LogP contribution in [-0.4, -0.2) is 24.5 Å². The lowest BCUT2D eigenvalue weighted by Gasteiger charge is -2.27. The summed E-state index contributed by atoms with van der Waals surface area (Å²) in [4.78, 5) is 2.49. The number of rotatable bonds is 10. The summed E-state index contributed by atoms with van der Waals surface area (Å²) in [5.74, 6) is 1.51. The molecule has 0 spiro atoms. The second-order valence-corrected chi connectivity index (χ2v) is 5.46. The van der Waals surface area contributed by atoms with E-state index in [1.807, 2.05) is 0 Å². The summed E-state index contributed by atoms with van der Waals surface area (Å²) in [6.45, 7) is 12.4. The number of nitriles is 1. The van der Waals surface area contributed by atoms with Gasteiger partial charge in [0.2, 0.25) is 0 Å². The molecule has 0 aromatic carbocycles. The summed E-state index contributed by atoms with van der Waals surface area (Å²) < 4.78 is 0. The highest BCUT2D eigenvalue weighted by atomic mass is 15.1. The Hall–Kier alpha value is -0.550.